The van der Waals surface area contributed by atoms with E-state index in [1.54, 1.807) is 23.3 Å². The lowest BCUT2D eigenvalue weighted by molar-refractivity contribution is 0.0782. The van der Waals surface area contributed by atoms with Crippen LogP contribution >= 0.6 is 11.3 Å². The lowest BCUT2D eigenvalue weighted by Gasteiger charge is -2.17. The van der Waals surface area contributed by atoms with Gasteiger partial charge in [-0.05, 0) is 19.9 Å². The molecule has 0 bridgehead atoms. The number of aryl methyl sites for hydroxylation is 2. The highest BCUT2D eigenvalue weighted by molar-refractivity contribution is 7.17. The third-order valence-electron chi connectivity index (χ3n) is 3.43. The minimum absolute atomic E-state index is 0.238. The molecule has 3 aromatic rings. The van der Waals surface area contributed by atoms with Crippen molar-refractivity contribution >= 4 is 22.2 Å². The van der Waals surface area contributed by atoms with Gasteiger partial charge in [-0.2, -0.15) is 0 Å². The summed E-state index contributed by atoms with van der Waals surface area (Å²) in [4.78, 5) is 24.2. The van der Waals surface area contributed by atoms with E-state index in [-0.39, 0.29) is 11.5 Å². The van der Waals surface area contributed by atoms with Crippen LogP contribution < -0.4 is 0 Å². The molecule has 114 valence electrons. The summed E-state index contributed by atoms with van der Waals surface area (Å²) in [5.74, 6) is -0.788. The van der Waals surface area contributed by atoms with Crippen molar-refractivity contribution in [2.75, 3.05) is 7.05 Å². The van der Waals surface area contributed by atoms with Gasteiger partial charge in [-0.1, -0.05) is 0 Å². The zero-order valence-electron chi connectivity index (χ0n) is 12.5. The molecular formula is C15H15FN4OS. The Morgan fingerprint density at radius 1 is 1.41 bits per heavy atom. The van der Waals surface area contributed by atoms with Crippen LogP contribution in [0.25, 0.3) is 4.96 Å². The van der Waals surface area contributed by atoms with Gasteiger partial charge < -0.3 is 4.90 Å². The zero-order valence-corrected chi connectivity index (χ0v) is 13.3. The van der Waals surface area contributed by atoms with Gasteiger partial charge in [-0.25, -0.2) is 9.37 Å². The molecular weight excluding hydrogens is 303 g/mol. The molecule has 0 atom stereocenters. The fourth-order valence-electron chi connectivity index (χ4n) is 2.35. The van der Waals surface area contributed by atoms with Crippen LogP contribution in [0.15, 0.2) is 24.7 Å². The number of rotatable bonds is 3. The molecule has 3 rings (SSSR count). The first-order valence-electron chi connectivity index (χ1n) is 6.75. The van der Waals surface area contributed by atoms with Crippen LogP contribution in [0, 0.1) is 19.7 Å². The minimum atomic E-state index is -0.518. The van der Waals surface area contributed by atoms with E-state index >= 15 is 0 Å². The van der Waals surface area contributed by atoms with E-state index in [0.717, 1.165) is 27.4 Å². The molecule has 5 nitrogen and oxygen atoms in total. The number of aromatic nitrogens is 3. The number of pyridine rings is 1. The fraction of sp³-hybridized carbons (Fsp3) is 0.267. The molecule has 1 amide bonds. The van der Waals surface area contributed by atoms with Gasteiger partial charge in [0.25, 0.3) is 5.91 Å². The van der Waals surface area contributed by atoms with Crippen molar-refractivity contribution in [3.8, 4) is 0 Å². The number of hydrogen-bond donors (Lipinski definition) is 0. The van der Waals surface area contributed by atoms with Crippen LogP contribution in [0.3, 0.4) is 0 Å². The lowest BCUT2D eigenvalue weighted by atomic mass is 10.2. The molecule has 0 saturated heterocycles. The van der Waals surface area contributed by atoms with Gasteiger partial charge in [-0.3, -0.25) is 14.2 Å². The highest BCUT2D eigenvalue weighted by Crippen LogP contribution is 2.22. The molecule has 3 aromatic heterocycles. The Bertz CT molecular complexity index is 854. The van der Waals surface area contributed by atoms with Crippen LogP contribution in [0.2, 0.25) is 0 Å². The Kier molecular flexibility index (Phi) is 3.66. The number of amides is 1. The molecule has 7 heteroatoms. The molecule has 0 aliphatic carbocycles. The van der Waals surface area contributed by atoms with Crippen LogP contribution in [-0.2, 0) is 6.54 Å². The van der Waals surface area contributed by atoms with Crippen molar-refractivity contribution in [1.29, 1.82) is 0 Å². The Labute approximate surface area is 131 Å². The highest BCUT2D eigenvalue weighted by Gasteiger charge is 2.18. The van der Waals surface area contributed by atoms with Gasteiger partial charge in [0, 0.05) is 24.3 Å². The normalized spacial score (nSPS) is 11.1. The first-order valence-corrected chi connectivity index (χ1v) is 7.57. The Morgan fingerprint density at radius 2 is 2.18 bits per heavy atom. The molecule has 0 aliphatic heterocycles. The first kappa shape index (κ1) is 14.6. The van der Waals surface area contributed by atoms with E-state index in [4.69, 9.17) is 0 Å². The standard InChI is InChI=1S/C15H15FN4OS/c1-9-7-20-13(10(2)18-15(20)22-9)8-19(3)14(21)11-4-12(16)6-17-5-11/h4-7H,8H2,1-3H3. The third-order valence-corrected chi connectivity index (χ3v) is 4.32. The molecule has 0 radical (unpaired) electrons. The van der Waals surface area contributed by atoms with E-state index in [0.29, 0.717) is 6.54 Å². The maximum absolute atomic E-state index is 13.2. The molecule has 0 aliphatic rings. The summed E-state index contributed by atoms with van der Waals surface area (Å²) in [7, 11) is 1.69. The van der Waals surface area contributed by atoms with Crippen LogP contribution in [-0.4, -0.2) is 32.2 Å². The Morgan fingerprint density at radius 3 is 2.91 bits per heavy atom. The summed E-state index contributed by atoms with van der Waals surface area (Å²) >= 11 is 1.61. The van der Waals surface area contributed by atoms with Gasteiger partial charge in [0.15, 0.2) is 4.96 Å². The molecule has 0 saturated carbocycles. The second kappa shape index (κ2) is 5.49. The number of fused-ring (bicyclic) bond motifs is 1. The van der Waals surface area contributed by atoms with Crippen molar-refractivity contribution in [3.63, 3.8) is 0 Å². The smallest absolute Gasteiger partial charge is 0.255 e. The highest BCUT2D eigenvalue weighted by atomic mass is 32.1. The van der Waals surface area contributed by atoms with Crippen molar-refractivity contribution in [2.45, 2.75) is 20.4 Å². The van der Waals surface area contributed by atoms with Crippen molar-refractivity contribution < 1.29 is 9.18 Å². The average Bonchev–Trinajstić information content (AvgIpc) is 2.95. The van der Waals surface area contributed by atoms with E-state index < -0.39 is 5.82 Å². The zero-order chi connectivity index (χ0) is 15.9. The van der Waals surface area contributed by atoms with E-state index in [9.17, 15) is 9.18 Å². The molecule has 0 fully saturated rings. The second-order valence-corrected chi connectivity index (χ2v) is 6.40. The van der Waals surface area contributed by atoms with Gasteiger partial charge in [-0.15, -0.1) is 11.3 Å². The number of halogens is 1. The number of carbonyl (C=O) groups is 1. The van der Waals surface area contributed by atoms with Crippen molar-refractivity contribution in [1.82, 2.24) is 19.3 Å². The quantitative estimate of drug-likeness (QED) is 0.746. The van der Waals surface area contributed by atoms with Crippen LogP contribution in [0.5, 0.6) is 0 Å². The average molecular weight is 318 g/mol. The summed E-state index contributed by atoms with van der Waals surface area (Å²) in [6, 6.07) is 1.19. The van der Waals surface area contributed by atoms with Gasteiger partial charge in [0.2, 0.25) is 0 Å². The van der Waals surface area contributed by atoms with E-state index in [1.165, 1.54) is 12.3 Å². The molecule has 0 aromatic carbocycles. The SMILES string of the molecule is Cc1cn2c(CN(C)C(=O)c3cncc(F)c3)c(C)nc2s1. The third kappa shape index (κ3) is 2.59. The Hall–Kier alpha value is -2.28. The largest absolute Gasteiger partial charge is 0.336 e. The summed E-state index contributed by atoms with van der Waals surface area (Å²) in [6.45, 7) is 4.34. The summed E-state index contributed by atoms with van der Waals surface area (Å²) in [5, 5.41) is 0. The van der Waals surface area contributed by atoms with Crippen LogP contribution in [0.4, 0.5) is 4.39 Å². The topological polar surface area (TPSA) is 50.5 Å². The summed E-state index contributed by atoms with van der Waals surface area (Å²) < 4.78 is 15.2. The van der Waals surface area contributed by atoms with Gasteiger partial charge >= 0.3 is 0 Å². The van der Waals surface area contributed by atoms with Crippen LogP contribution in [0.1, 0.15) is 26.6 Å². The second-order valence-electron chi connectivity index (χ2n) is 5.19. The van der Waals surface area contributed by atoms with Crippen molar-refractivity contribution in [3.05, 3.63) is 52.3 Å². The number of carbonyl (C=O) groups excluding carboxylic acids is 1. The fourth-order valence-corrected chi connectivity index (χ4v) is 3.24. The van der Waals surface area contributed by atoms with Gasteiger partial charge in [0.05, 0.1) is 29.7 Å². The number of nitrogens with zero attached hydrogens (tertiary/aromatic N) is 4. The molecule has 0 spiro atoms. The molecule has 22 heavy (non-hydrogen) atoms. The van der Waals surface area contributed by atoms with E-state index in [2.05, 4.69) is 9.97 Å². The number of imidazole rings is 1. The first-order chi connectivity index (χ1) is 10.5. The summed E-state index contributed by atoms with van der Waals surface area (Å²) in [6.07, 6.45) is 4.46. The Balaban J connectivity index is 1.88. The lowest BCUT2D eigenvalue weighted by Crippen LogP contribution is -2.27. The van der Waals surface area contributed by atoms with Gasteiger partial charge in [0.1, 0.15) is 5.82 Å². The maximum Gasteiger partial charge on any atom is 0.255 e. The minimum Gasteiger partial charge on any atom is -0.336 e. The molecule has 0 N–H and O–H groups in total. The number of thiazole rings is 1. The predicted molar refractivity (Wildman–Crippen MR) is 82.5 cm³/mol. The molecule has 0 unspecified atom stereocenters. The molecule has 3 heterocycles. The summed E-state index contributed by atoms with van der Waals surface area (Å²) in [5.41, 5.74) is 2.09. The maximum atomic E-state index is 13.2. The monoisotopic (exact) mass is 318 g/mol. The van der Waals surface area contributed by atoms with E-state index in [1.807, 2.05) is 24.4 Å². The van der Waals surface area contributed by atoms with Crippen molar-refractivity contribution in [2.24, 2.45) is 0 Å². The number of hydrogen-bond acceptors (Lipinski definition) is 4. The predicted octanol–water partition coefficient (Wildman–Crippen LogP) is 2.82.